The second kappa shape index (κ2) is 5.66. The Morgan fingerprint density at radius 2 is 2.11 bits per heavy atom. The monoisotopic (exact) mass is 253 g/mol. The van der Waals surface area contributed by atoms with Crippen molar-refractivity contribution in [2.24, 2.45) is 13.0 Å². The van der Waals surface area contributed by atoms with E-state index in [0.29, 0.717) is 5.56 Å². The standard InChI is InChI=1S/C12H19N3O3/c1-7(2)10(5-11(16)17)14-12(18)9-6-13-15(4)8(9)3/h6-7,10H,5H2,1-4H3,(H,14,18)(H,16,17). The number of aliphatic carboxylic acids is 1. The van der Waals surface area contributed by atoms with Crippen LogP contribution in [0, 0.1) is 12.8 Å². The van der Waals surface area contributed by atoms with Crippen LogP contribution in [0.5, 0.6) is 0 Å². The summed E-state index contributed by atoms with van der Waals surface area (Å²) in [6.07, 6.45) is 1.41. The molecule has 0 aliphatic carbocycles. The molecule has 1 aromatic rings. The maximum Gasteiger partial charge on any atom is 0.305 e. The number of rotatable bonds is 5. The Hall–Kier alpha value is -1.85. The minimum absolute atomic E-state index is 0.0574. The summed E-state index contributed by atoms with van der Waals surface area (Å²) in [4.78, 5) is 22.8. The fourth-order valence-corrected chi connectivity index (χ4v) is 1.61. The third-order valence-electron chi connectivity index (χ3n) is 3.00. The zero-order valence-electron chi connectivity index (χ0n) is 11.1. The van der Waals surface area contributed by atoms with Crippen molar-refractivity contribution in [3.63, 3.8) is 0 Å². The fourth-order valence-electron chi connectivity index (χ4n) is 1.61. The molecular formula is C12H19N3O3. The first-order valence-electron chi connectivity index (χ1n) is 5.84. The number of aromatic nitrogens is 2. The number of carbonyl (C=O) groups is 2. The number of carboxylic acid groups (broad SMARTS) is 1. The molecule has 6 heteroatoms. The van der Waals surface area contributed by atoms with Gasteiger partial charge in [-0.1, -0.05) is 13.8 Å². The number of nitrogens with one attached hydrogen (secondary N) is 1. The van der Waals surface area contributed by atoms with Crippen molar-refractivity contribution in [1.82, 2.24) is 15.1 Å². The van der Waals surface area contributed by atoms with Crippen molar-refractivity contribution in [3.05, 3.63) is 17.5 Å². The normalized spacial score (nSPS) is 12.5. The molecule has 0 aromatic carbocycles. The highest BCUT2D eigenvalue weighted by molar-refractivity contribution is 5.95. The van der Waals surface area contributed by atoms with Crippen molar-refractivity contribution < 1.29 is 14.7 Å². The number of carboxylic acids is 1. The Kier molecular flexibility index (Phi) is 4.47. The van der Waals surface area contributed by atoms with Crippen molar-refractivity contribution in [3.8, 4) is 0 Å². The molecule has 0 radical (unpaired) electrons. The number of hydrogen-bond acceptors (Lipinski definition) is 3. The van der Waals surface area contributed by atoms with Crippen LogP contribution in [0.4, 0.5) is 0 Å². The average molecular weight is 253 g/mol. The largest absolute Gasteiger partial charge is 0.481 e. The molecule has 6 nitrogen and oxygen atoms in total. The molecule has 0 fully saturated rings. The third kappa shape index (κ3) is 3.32. The van der Waals surface area contributed by atoms with Crippen molar-refractivity contribution in [2.75, 3.05) is 0 Å². The Morgan fingerprint density at radius 3 is 2.50 bits per heavy atom. The molecule has 1 aromatic heterocycles. The first-order chi connectivity index (χ1) is 8.32. The van der Waals surface area contributed by atoms with E-state index in [9.17, 15) is 9.59 Å². The number of aryl methyl sites for hydroxylation is 1. The van der Waals surface area contributed by atoms with Gasteiger partial charge < -0.3 is 10.4 Å². The van der Waals surface area contributed by atoms with Gasteiger partial charge in [-0.15, -0.1) is 0 Å². The van der Waals surface area contributed by atoms with Crippen LogP contribution in [-0.2, 0) is 11.8 Å². The van der Waals surface area contributed by atoms with Crippen LogP contribution < -0.4 is 5.32 Å². The van der Waals surface area contributed by atoms with Crippen LogP contribution in [0.1, 0.15) is 36.3 Å². The summed E-state index contributed by atoms with van der Waals surface area (Å²) >= 11 is 0. The maximum atomic E-state index is 12.0. The van der Waals surface area contributed by atoms with Crippen LogP contribution in [0.25, 0.3) is 0 Å². The molecule has 0 saturated heterocycles. The minimum atomic E-state index is -0.920. The van der Waals surface area contributed by atoms with Crippen molar-refractivity contribution in [2.45, 2.75) is 33.2 Å². The highest BCUT2D eigenvalue weighted by atomic mass is 16.4. The second-order valence-electron chi connectivity index (χ2n) is 4.69. The Bertz CT molecular complexity index is 451. The van der Waals surface area contributed by atoms with E-state index in [1.165, 1.54) is 6.20 Å². The predicted molar refractivity (Wildman–Crippen MR) is 66.3 cm³/mol. The highest BCUT2D eigenvalue weighted by Gasteiger charge is 2.21. The van der Waals surface area contributed by atoms with Crippen LogP contribution in [-0.4, -0.2) is 32.8 Å². The molecule has 1 unspecified atom stereocenters. The summed E-state index contributed by atoms with van der Waals surface area (Å²) in [5, 5.41) is 15.5. The van der Waals surface area contributed by atoms with Crippen LogP contribution >= 0.6 is 0 Å². The van der Waals surface area contributed by atoms with E-state index in [2.05, 4.69) is 10.4 Å². The van der Waals surface area contributed by atoms with E-state index in [0.717, 1.165) is 5.69 Å². The van der Waals surface area contributed by atoms with Crippen molar-refractivity contribution in [1.29, 1.82) is 0 Å². The number of nitrogens with zero attached hydrogens (tertiary/aromatic N) is 2. The molecule has 0 aliphatic rings. The molecule has 0 bridgehead atoms. The zero-order chi connectivity index (χ0) is 13.9. The lowest BCUT2D eigenvalue weighted by molar-refractivity contribution is -0.137. The Labute approximate surface area is 106 Å². The van der Waals surface area contributed by atoms with Gasteiger partial charge in [-0.25, -0.2) is 0 Å². The van der Waals surface area contributed by atoms with E-state index < -0.39 is 5.97 Å². The van der Waals surface area contributed by atoms with Gasteiger partial charge in [-0.3, -0.25) is 14.3 Å². The number of hydrogen-bond donors (Lipinski definition) is 2. The molecule has 0 spiro atoms. The van der Waals surface area contributed by atoms with E-state index in [1.807, 2.05) is 13.8 Å². The molecule has 1 amide bonds. The van der Waals surface area contributed by atoms with Gasteiger partial charge in [-0.2, -0.15) is 5.10 Å². The lowest BCUT2D eigenvalue weighted by atomic mass is 10.0. The molecule has 0 aliphatic heterocycles. The zero-order valence-corrected chi connectivity index (χ0v) is 11.1. The van der Waals surface area contributed by atoms with Gasteiger partial charge in [0.05, 0.1) is 18.2 Å². The summed E-state index contributed by atoms with van der Waals surface area (Å²) < 4.78 is 1.61. The van der Waals surface area contributed by atoms with Gasteiger partial charge in [0.1, 0.15) is 0 Å². The molecule has 1 atom stereocenters. The summed E-state index contributed by atoms with van der Waals surface area (Å²) in [7, 11) is 1.75. The third-order valence-corrected chi connectivity index (χ3v) is 3.00. The molecule has 18 heavy (non-hydrogen) atoms. The van der Waals surface area contributed by atoms with Gasteiger partial charge in [0, 0.05) is 18.8 Å². The first-order valence-corrected chi connectivity index (χ1v) is 5.84. The molecule has 0 saturated carbocycles. The van der Waals surface area contributed by atoms with Crippen molar-refractivity contribution >= 4 is 11.9 Å². The van der Waals surface area contributed by atoms with E-state index in [1.54, 1.807) is 18.7 Å². The molecule has 1 heterocycles. The van der Waals surface area contributed by atoms with Crippen LogP contribution in [0.15, 0.2) is 6.20 Å². The van der Waals surface area contributed by atoms with E-state index >= 15 is 0 Å². The summed E-state index contributed by atoms with van der Waals surface area (Å²) in [5.41, 5.74) is 1.24. The average Bonchev–Trinajstić information content (AvgIpc) is 2.58. The van der Waals surface area contributed by atoms with Gasteiger partial charge in [0.25, 0.3) is 5.91 Å². The lowest BCUT2D eigenvalue weighted by Gasteiger charge is -2.20. The maximum absolute atomic E-state index is 12.0. The molecular weight excluding hydrogens is 234 g/mol. The Balaban J connectivity index is 2.78. The number of carbonyl (C=O) groups excluding carboxylic acids is 1. The molecule has 100 valence electrons. The second-order valence-corrected chi connectivity index (χ2v) is 4.69. The molecule has 2 N–H and O–H groups in total. The van der Waals surface area contributed by atoms with Gasteiger partial charge in [-0.05, 0) is 12.8 Å². The number of amides is 1. The lowest BCUT2D eigenvalue weighted by Crippen LogP contribution is -2.40. The van der Waals surface area contributed by atoms with Gasteiger partial charge >= 0.3 is 5.97 Å². The summed E-state index contributed by atoms with van der Waals surface area (Å²) in [6, 6.07) is -0.380. The quantitative estimate of drug-likeness (QED) is 0.818. The van der Waals surface area contributed by atoms with E-state index in [4.69, 9.17) is 5.11 Å². The minimum Gasteiger partial charge on any atom is -0.481 e. The SMILES string of the molecule is Cc1c(C(=O)NC(CC(=O)O)C(C)C)cnn1C. The highest BCUT2D eigenvalue weighted by Crippen LogP contribution is 2.10. The predicted octanol–water partition coefficient (Wildman–Crippen LogP) is 0.958. The summed E-state index contributed by atoms with van der Waals surface area (Å²) in [5.74, 6) is -1.14. The van der Waals surface area contributed by atoms with Gasteiger partial charge in [0.15, 0.2) is 0 Å². The molecule has 1 rings (SSSR count). The van der Waals surface area contributed by atoms with Crippen LogP contribution in [0.2, 0.25) is 0 Å². The first kappa shape index (κ1) is 14.2. The van der Waals surface area contributed by atoms with Crippen LogP contribution in [0.3, 0.4) is 0 Å². The summed E-state index contributed by atoms with van der Waals surface area (Å²) in [6.45, 7) is 5.55. The van der Waals surface area contributed by atoms with Gasteiger partial charge in [0.2, 0.25) is 0 Å². The smallest absolute Gasteiger partial charge is 0.305 e. The fraction of sp³-hybridized carbons (Fsp3) is 0.583. The topological polar surface area (TPSA) is 84.2 Å². The van der Waals surface area contributed by atoms with E-state index in [-0.39, 0.29) is 24.3 Å². The Morgan fingerprint density at radius 1 is 1.50 bits per heavy atom.